The van der Waals surface area contributed by atoms with Gasteiger partial charge in [0.2, 0.25) is 0 Å². The number of esters is 1. The van der Waals surface area contributed by atoms with Crippen molar-refractivity contribution in [2.75, 3.05) is 7.11 Å². The minimum absolute atomic E-state index is 0.182. The molecule has 0 saturated heterocycles. The number of carbonyl (C=O) groups is 1. The van der Waals surface area contributed by atoms with Gasteiger partial charge in [0, 0.05) is 6.07 Å². The third-order valence-corrected chi connectivity index (χ3v) is 2.27. The predicted octanol–water partition coefficient (Wildman–Crippen LogP) is 1.86. The molecule has 0 spiro atoms. The summed E-state index contributed by atoms with van der Waals surface area (Å²) in [7, 11) is 1.12. The molecule has 1 aromatic heterocycles. The van der Waals surface area contributed by atoms with Crippen LogP contribution in [0.2, 0.25) is 0 Å². The number of hydrogen-bond acceptors (Lipinski definition) is 3. The molecule has 0 aromatic carbocycles. The van der Waals surface area contributed by atoms with E-state index in [2.05, 4.69) is 25.7 Å². The predicted molar refractivity (Wildman–Crippen MR) is 51.1 cm³/mol. The van der Waals surface area contributed by atoms with Crippen LogP contribution < -0.4 is 5.43 Å². The number of methoxy groups -OCH3 is 1. The van der Waals surface area contributed by atoms with E-state index in [1.165, 1.54) is 0 Å². The number of hydrogen-bond donors (Lipinski definition) is 1. The van der Waals surface area contributed by atoms with Gasteiger partial charge in [0.05, 0.1) is 17.3 Å². The quantitative estimate of drug-likeness (QED) is 0.665. The number of halogens is 3. The number of aromatic nitrogens is 1. The molecule has 1 N–H and O–H groups in total. The van der Waals surface area contributed by atoms with Gasteiger partial charge >= 0.3 is 5.97 Å². The van der Waals surface area contributed by atoms with Crippen molar-refractivity contribution < 1.29 is 18.3 Å². The fraction of sp³-hybridized carbons (Fsp3) is 0.250. The average Bonchev–Trinajstić information content (AvgIpc) is 2.14. The molecule has 1 rings (SSSR count). The molecule has 0 aliphatic rings. The van der Waals surface area contributed by atoms with Gasteiger partial charge in [0.1, 0.15) is 5.69 Å². The molecule has 0 atom stereocenters. The van der Waals surface area contributed by atoms with E-state index in [0.29, 0.717) is 0 Å². The second-order valence-electron chi connectivity index (χ2n) is 2.57. The summed E-state index contributed by atoms with van der Waals surface area (Å²) in [5.41, 5.74) is -1.81. The molecule has 0 saturated carbocycles. The standard InChI is InChI=1S/C8H6BrF2NO3/c1-15-8(14)3-2-4(13)5(7(10)11)6(9)12-3/h2,7H,1H3,(H,12,13). The zero-order chi connectivity index (χ0) is 11.6. The highest BCUT2D eigenvalue weighted by Crippen LogP contribution is 2.22. The Balaban J connectivity index is 3.32. The Bertz CT molecular complexity index is 444. The molecule has 1 aromatic rings. The molecule has 4 nitrogen and oxygen atoms in total. The molecule has 82 valence electrons. The summed E-state index contributed by atoms with van der Waals surface area (Å²) in [6, 6.07) is 0.776. The fourth-order valence-corrected chi connectivity index (χ4v) is 1.54. The Labute approximate surface area is 91.4 Å². The maximum absolute atomic E-state index is 12.3. The Morgan fingerprint density at radius 2 is 2.20 bits per heavy atom. The van der Waals surface area contributed by atoms with E-state index in [1.54, 1.807) is 0 Å². The molecule has 0 unspecified atom stereocenters. The maximum Gasteiger partial charge on any atom is 0.354 e. The number of ether oxygens (including phenoxy) is 1. The van der Waals surface area contributed by atoms with E-state index < -0.39 is 23.4 Å². The highest BCUT2D eigenvalue weighted by atomic mass is 79.9. The van der Waals surface area contributed by atoms with E-state index >= 15 is 0 Å². The van der Waals surface area contributed by atoms with Gasteiger partial charge in [-0.3, -0.25) is 4.79 Å². The third-order valence-electron chi connectivity index (χ3n) is 1.65. The highest BCUT2D eigenvalue weighted by molar-refractivity contribution is 9.10. The van der Waals surface area contributed by atoms with Crippen molar-refractivity contribution in [1.82, 2.24) is 4.98 Å². The molecule has 0 amide bonds. The summed E-state index contributed by atoms with van der Waals surface area (Å²) in [5.74, 6) is -0.798. The van der Waals surface area contributed by atoms with Crippen LogP contribution >= 0.6 is 15.9 Å². The molecular weight excluding hydrogens is 276 g/mol. The minimum Gasteiger partial charge on any atom is -0.464 e. The SMILES string of the molecule is COC(=O)c1cc(=O)c(C(F)F)c(Br)[nH]1. The minimum atomic E-state index is -2.91. The van der Waals surface area contributed by atoms with E-state index in [4.69, 9.17) is 0 Å². The van der Waals surface area contributed by atoms with E-state index in [9.17, 15) is 18.4 Å². The van der Waals surface area contributed by atoms with Gasteiger partial charge in [-0.1, -0.05) is 0 Å². The normalized spacial score (nSPS) is 10.5. The third kappa shape index (κ3) is 2.41. The van der Waals surface area contributed by atoms with Crippen molar-refractivity contribution in [3.63, 3.8) is 0 Å². The lowest BCUT2D eigenvalue weighted by Gasteiger charge is -2.04. The van der Waals surface area contributed by atoms with Crippen LogP contribution in [0.1, 0.15) is 22.5 Å². The van der Waals surface area contributed by atoms with Crippen LogP contribution in [0.15, 0.2) is 15.5 Å². The van der Waals surface area contributed by atoms with Gasteiger partial charge in [-0.2, -0.15) is 0 Å². The van der Waals surface area contributed by atoms with Crippen molar-refractivity contribution >= 4 is 21.9 Å². The first kappa shape index (κ1) is 11.8. The summed E-state index contributed by atoms with van der Waals surface area (Å²) in [5, 5.41) is 0. The summed E-state index contributed by atoms with van der Waals surface area (Å²) in [6.45, 7) is 0. The lowest BCUT2D eigenvalue weighted by molar-refractivity contribution is 0.0593. The van der Waals surface area contributed by atoms with Crippen molar-refractivity contribution in [2.45, 2.75) is 6.43 Å². The summed E-state index contributed by atoms with van der Waals surface area (Å²) in [4.78, 5) is 24.5. The van der Waals surface area contributed by atoms with Crippen LogP contribution in [-0.4, -0.2) is 18.1 Å². The Kier molecular flexibility index (Phi) is 3.57. The smallest absolute Gasteiger partial charge is 0.354 e. The molecule has 0 fully saturated rings. The molecule has 7 heteroatoms. The topological polar surface area (TPSA) is 59.2 Å². The van der Waals surface area contributed by atoms with Crippen LogP contribution in [0.3, 0.4) is 0 Å². The zero-order valence-corrected chi connectivity index (χ0v) is 9.10. The molecule has 0 aliphatic carbocycles. The van der Waals surface area contributed by atoms with Crippen LogP contribution in [0.25, 0.3) is 0 Å². The van der Waals surface area contributed by atoms with Gasteiger partial charge in [0.15, 0.2) is 5.43 Å². The van der Waals surface area contributed by atoms with Crippen LogP contribution in [0.5, 0.6) is 0 Å². The summed E-state index contributed by atoms with van der Waals surface area (Å²) in [6.07, 6.45) is -2.91. The fourth-order valence-electron chi connectivity index (χ4n) is 0.962. The van der Waals surface area contributed by atoms with Crippen molar-refractivity contribution in [1.29, 1.82) is 0 Å². The van der Waals surface area contributed by atoms with Crippen molar-refractivity contribution in [3.05, 3.63) is 32.2 Å². The molecule has 15 heavy (non-hydrogen) atoms. The lowest BCUT2D eigenvalue weighted by Crippen LogP contribution is -2.16. The Morgan fingerprint density at radius 1 is 1.60 bits per heavy atom. The van der Waals surface area contributed by atoms with Crippen LogP contribution in [0.4, 0.5) is 8.78 Å². The number of alkyl halides is 2. The zero-order valence-electron chi connectivity index (χ0n) is 7.51. The van der Waals surface area contributed by atoms with Gasteiger partial charge in [-0.15, -0.1) is 0 Å². The van der Waals surface area contributed by atoms with E-state index in [-0.39, 0.29) is 10.3 Å². The molecule has 0 radical (unpaired) electrons. The van der Waals surface area contributed by atoms with Crippen LogP contribution in [-0.2, 0) is 4.74 Å². The number of H-pyrrole nitrogens is 1. The molecular formula is C8H6BrF2NO3. The number of nitrogens with one attached hydrogen (secondary N) is 1. The van der Waals surface area contributed by atoms with Crippen LogP contribution in [0, 0.1) is 0 Å². The molecule has 0 bridgehead atoms. The lowest BCUT2D eigenvalue weighted by atomic mass is 10.2. The van der Waals surface area contributed by atoms with Gasteiger partial charge < -0.3 is 9.72 Å². The highest BCUT2D eigenvalue weighted by Gasteiger charge is 2.19. The monoisotopic (exact) mass is 281 g/mol. The molecule has 1 heterocycles. The number of rotatable bonds is 2. The van der Waals surface area contributed by atoms with E-state index in [1.807, 2.05) is 0 Å². The Morgan fingerprint density at radius 3 is 2.60 bits per heavy atom. The van der Waals surface area contributed by atoms with E-state index in [0.717, 1.165) is 13.2 Å². The summed E-state index contributed by atoms with van der Waals surface area (Å²) >= 11 is 2.75. The van der Waals surface area contributed by atoms with Gasteiger partial charge in [-0.25, -0.2) is 13.6 Å². The number of carbonyl (C=O) groups excluding carboxylic acids is 1. The second-order valence-corrected chi connectivity index (χ2v) is 3.36. The first-order valence-corrected chi connectivity index (χ1v) is 4.56. The van der Waals surface area contributed by atoms with Gasteiger partial charge in [-0.05, 0) is 15.9 Å². The second kappa shape index (κ2) is 4.52. The molecule has 0 aliphatic heterocycles. The Hall–Kier alpha value is -1.24. The van der Waals surface area contributed by atoms with Gasteiger partial charge in [0.25, 0.3) is 6.43 Å². The van der Waals surface area contributed by atoms with Crippen molar-refractivity contribution in [3.8, 4) is 0 Å². The summed E-state index contributed by atoms with van der Waals surface area (Å²) < 4.78 is 28.8. The first-order chi connectivity index (χ1) is 6.97. The first-order valence-electron chi connectivity index (χ1n) is 3.76. The number of pyridine rings is 1. The largest absolute Gasteiger partial charge is 0.464 e. The maximum atomic E-state index is 12.3. The number of aromatic amines is 1. The van der Waals surface area contributed by atoms with Crippen molar-refractivity contribution in [2.24, 2.45) is 0 Å². The average molecular weight is 282 g/mol.